The Morgan fingerprint density at radius 3 is 2.09 bits per heavy atom. The Morgan fingerprint density at radius 1 is 0.739 bits per heavy atom. The van der Waals surface area contributed by atoms with Crippen molar-refractivity contribution in [3.8, 4) is 11.5 Å². The largest absolute Gasteiger partial charge is 0.455 e. The molecule has 3 aromatic carbocycles. The highest BCUT2D eigenvalue weighted by Gasteiger charge is 2.14. The minimum absolute atomic E-state index is 0.110. The highest BCUT2D eigenvalue weighted by atomic mass is 31.1. The zero-order valence-electron chi connectivity index (χ0n) is 12.2. The molecule has 5 heteroatoms. The molecule has 0 aliphatic heterocycles. The van der Waals surface area contributed by atoms with Gasteiger partial charge in [0.15, 0.2) is 8.46 Å². The van der Waals surface area contributed by atoms with Crippen molar-refractivity contribution in [2.24, 2.45) is 0 Å². The quantitative estimate of drug-likeness (QED) is 0.662. The highest BCUT2D eigenvalue weighted by molar-refractivity contribution is 7.61. The standard InChI is InChI=1S/C18H14O3P2/c19-22-17-12-6-4-10-15(17)21-16-11-5-7-13-18(16)23(20)14-8-2-1-3-9-14/h1-13,23H. The fraction of sp³-hybridized carbons (Fsp3) is 0. The van der Waals surface area contributed by atoms with Crippen LogP contribution in [0.1, 0.15) is 0 Å². The summed E-state index contributed by atoms with van der Waals surface area (Å²) in [6.45, 7) is 0. The Hall–Kier alpha value is -2.21. The molecule has 23 heavy (non-hydrogen) atoms. The lowest BCUT2D eigenvalue weighted by Gasteiger charge is -2.12. The van der Waals surface area contributed by atoms with Crippen LogP contribution >= 0.6 is 16.3 Å². The van der Waals surface area contributed by atoms with Gasteiger partial charge in [0.05, 0.1) is 10.6 Å². The maximum atomic E-state index is 12.9. The van der Waals surface area contributed by atoms with Gasteiger partial charge in [0.2, 0.25) is 0 Å². The summed E-state index contributed by atoms with van der Waals surface area (Å²) in [7, 11) is -2.28. The van der Waals surface area contributed by atoms with Gasteiger partial charge in [0.25, 0.3) is 0 Å². The van der Waals surface area contributed by atoms with Crippen molar-refractivity contribution in [1.29, 1.82) is 0 Å². The van der Waals surface area contributed by atoms with Crippen LogP contribution in [0.2, 0.25) is 0 Å². The van der Waals surface area contributed by atoms with E-state index >= 15 is 0 Å². The first kappa shape index (κ1) is 15.7. The number of hydrogen-bond donors (Lipinski definition) is 0. The molecule has 0 amide bonds. The van der Waals surface area contributed by atoms with Gasteiger partial charge in [-0.05, 0) is 24.3 Å². The van der Waals surface area contributed by atoms with Crippen LogP contribution in [0.25, 0.3) is 0 Å². The minimum Gasteiger partial charge on any atom is -0.455 e. The molecule has 0 saturated heterocycles. The molecular formula is C18H14O3P2. The molecule has 1 unspecified atom stereocenters. The highest BCUT2D eigenvalue weighted by Crippen LogP contribution is 2.28. The minimum atomic E-state index is -2.17. The average molecular weight is 340 g/mol. The van der Waals surface area contributed by atoms with Crippen molar-refractivity contribution in [1.82, 2.24) is 0 Å². The van der Waals surface area contributed by atoms with E-state index in [1.54, 1.807) is 30.3 Å². The first-order valence-electron chi connectivity index (χ1n) is 7.08. The zero-order chi connectivity index (χ0) is 16.1. The van der Waals surface area contributed by atoms with Crippen LogP contribution in [0.5, 0.6) is 11.5 Å². The summed E-state index contributed by atoms with van der Waals surface area (Å²) in [5.74, 6) is 1.02. The summed E-state index contributed by atoms with van der Waals surface area (Å²) >= 11 is 0. The number of benzene rings is 3. The van der Waals surface area contributed by atoms with Gasteiger partial charge in [-0.3, -0.25) is 4.57 Å². The lowest BCUT2D eigenvalue weighted by Crippen LogP contribution is -2.10. The predicted octanol–water partition coefficient (Wildman–Crippen LogP) is 3.91. The molecule has 0 N–H and O–H groups in total. The third-order valence-corrected chi connectivity index (χ3v) is 5.68. The van der Waals surface area contributed by atoms with Crippen LogP contribution in [0.3, 0.4) is 0 Å². The number of hydrogen-bond acceptors (Lipinski definition) is 3. The summed E-state index contributed by atoms with van der Waals surface area (Å²) in [6, 6.07) is 23.7. The van der Waals surface area contributed by atoms with Crippen LogP contribution in [-0.2, 0) is 9.13 Å². The van der Waals surface area contributed by atoms with Crippen molar-refractivity contribution in [3.63, 3.8) is 0 Å². The van der Waals surface area contributed by atoms with Crippen LogP contribution in [-0.4, -0.2) is 0 Å². The summed E-state index contributed by atoms with van der Waals surface area (Å²) in [5.41, 5.74) is 0. The summed E-state index contributed by atoms with van der Waals surface area (Å²) in [6.07, 6.45) is 0. The van der Waals surface area contributed by atoms with Crippen molar-refractivity contribution in [2.75, 3.05) is 0 Å². The molecule has 0 bridgehead atoms. The molecular weight excluding hydrogens is 326 g/mol. The molecule has 114 valence electrons. The van der Waals surface area contributed by atoms with E-state index in [1.807, 2.05) is 48.5 Å². The number of rotatable bonds is 5. The summed E-state index contributed by atoms with van der Waals surface area (Å²) in [5, 5.41) is 1.99. The SMILES string of the molecule is O=Pc1ccccc1Oc1ccccc1[PH](=O)c1ccccc1. The molecule has 0 aromatic heterocycles. The smallest absolute Gasteiger partial charge is 0.196 e. The molecule has 3 rings (SSSR count). The van der Waals surface area contributed by atoms with E-state index in [0.717, 1.165) is 5.30 Å². The van der Waals surface area contributed by atoms with Crippen LogP contribution in [0.15, 0.2) is 78.9 Å². The topological polar surface area (TPSA) is 43.4 Å². The van der Waals surface area contributed by atoms with Gasteiger partial charge in [-0.25, -0.2) is 0 Å². The zero-order valence-corrected chi connectivity index (χ0v) is 14.1. The second-order valence-electron chi connectivity index (χ2n) is 4.85. The van der Waals surface area contributed by atoms with Crippen LogP contribution in [0, 0.1) is 0 Å². The fourth-order valence-electron chi connectivity index (χ4n) is 2.23. The van der Waals surface area contributed by atoms with E-state index in [2.05, 4.69) is 0 Å². The maximum absolute atomic E-state index is 12.9. The lowest BCUT2D eigenvalue weighted by molar-refractivity contribution is 0.489. The monoisotopic (exact) mass is 340 g/mol. The van der Waals surface area contributed by atoms with Crippen LogP contribution in [0.4, 0.5) is 0 Å². The Kier molecular flexibility index (Phi) is 5.02. The molecule has 0 saturated carbocycles. The maximum Gasteiger partial charge on any atom is 0.196 e. The van der Waals surface area contributed by atoms with E-state index in [1.165, 1.54) is 0 Å². The first-order valence-corrected chi connectivity index (χ1v) is 9.30. The van der Waals surface area contributed by atoms with Gasteiger partial charge in [0.1, 0.15) is 19.3 Å². The third kappa shape index (κ3) is 3.59. The lowest BCUT2D eigenvalue weighted by atomic mass is 10.3. The molecule has 0 radical (unpaired) electrons. The average Bonchev–Trinajstić information content (AvgIpc) is 2.63. The van der Waals surface area contributed by atoms with Crippen molar-refractivity contribution < 1.29 is 13.9 Å². The first-order chi connectivity index (χ1) is 11.3. The van der Waals surface area contributed by atoms with Gasteiger partial charge < -0.3 is 9.30 Å². The molecule has 3 aromatic rings. The number of ether oxygens (including phenoxy) is 1. The van der Waals surface area contributed by atoms with E-state index in [4.69, 9.17) is 4.74 Å². The molecule has 0 spiro atoms. The fourth-order valence-corrected chi connectivity index (χ4v) is 3.99. The van der Waals surface area contributed by atoms with Gasteiger partial charge in [-0.15, -0.1) is 0 Å². The number of para-hydroxylation sites is 2. The second kappa shape index (κ2) is 7.37. The van der Waals surface area contributed by atoms with Crippen LogP contribution < -0.4 is 20.7 Å². The Morgan fingerprint density at radius 2 is 1.35 bits per heavy atom. The van der Waals surface area contributed by atoms with E-state index < -0.39 is 7.80 Å². The van der Waals surface area contributed by atoms with Gasteiger partial charge in [-0.1, -0.05) is 54.6 Å². The molecule has 0 fully saturated rings. The Balaban J connectivity index is 1.98. The third-order valence-electron chi connectivity index (χ3n) is 3.35. The summed E-state index contributed by atoms with van der Waals surface area (Å²) < 4.78 is 30.0. The molecule has 3 nitrogen and oxygen atoms in total. The Bertz CT molecular complexity index is 848. The summed E-state index contributed by atoms with van der Waals surface area (Å²) in [4.78, 5) is 0. The van der Waals surface area contributed by atoms with Crippen molar-refractivity contribution in [2.45, 2.75) is 0 Å². The Labute approximate surface area is 136 Å². The van der Waals surface area contributed by atoms with E-state index in [0.29, 0.717) is 22.1 Å². The van der Waals surface area contributed by atoms with Crippen molar-refractivity contribution in [3.05, 3.63) is 78.9 Å². The van der Waals surface area contributed by atoms with Gasteiger partial charge >= 0.3 is 0 Å². The van der Waals surface area contributed by atoms with Gasteiger partial charge in [0, 0.05) is 5.30 Å². The molecule has 0 aliphatic carbocycles. The predicted molar refractivity (Wildman–Crippen MR) is 94.9 cm³/mol. The van der Waals surface area contributed by atoms with E-state index in [9.17, 15) is 9.13 Å². The van der Waals surface area contributed by atoms with E-state index in [-0.39, 0.29) is 8.46 Å². The van der Waals surface area contributed by atoms with Gasteiger partial charge in [-0.2, -0.15) is 0 Å². The molecule has 1 atom stereocenters. The second-order valence-corrected chi connectivity index (χ2v) is 7.29. The molecule has 0 aliphatic rings. The molecule has 0 heterocycles. The van der Waals surface area contributed by atoms with Crippen molar-refractivity contribution >= 4 is 32.2 Å². The normalized spacial score (nSPS) is 12.0.